The van der Waals surface area contributed by atoms with Gasteiger partial charge in [-0.05, 0) is 29.3 Å². The fraction of sp³-hybridized carbons (Fsp3) is 0.750. The number of likely N-dealkylation sites (tertiary alicyclic amines) is 1. The summed E-state index contributed by atoms with van der Waals surface area (Å²) >= 11 is 3.61. The molecule has 2 heterocycles. The molecule has 0 radical (unpaired) electrons. The molecule has 0 aliphatic carbocycles. The second kappa shape index (κ2) is 5.69. The Morgan fingerprint density at radius 2 is 1.89 bits per heavy atom. The van der Waals surface area contributed by atoms with Gasteiger partial charge in [-0.2, -0.15) is 5.10 Å². The van der Waals surface area contributed by atoms with Crippen LogP contribution in [0, 0.1) is 0 Å². The predicted octanol–water partition coefficient (Wildman–Crippen LogP) is 0.765. The molecule has 1 aromatic heterocycles. The highest BCUT2D eigenvalue weighted by molar-refractivity contribution is 9.10. The average Bonchev–Trinajstić information content (AvgIpc) is 2.82. The Hall–Kier alpha value is -0.430. The Kier molecular flexibility index (Phi) is 4.42. The summed E-state index contributed by atoms with van der Waals surface area (Å²) in [7, 11) is 0. The summed E-state index contributed by atoms with van der Waals surface area (Å²) in [5.41, 5.74) is 2.18. The van der Waals surface area contributed by atoms with Crippen molar-refractivity contribution < 1.29 is 10.2 Å². The molecular weight excluding hydrogens is 298 g/mol. The number of aliphatic hydroxyl groups is 2. The van der Waals surface area contributed by atoms with Gasteiger partial charge in [0.05, 0.1) is 28.1 Å². The number of nitrogens with zero attached hydrogens (tertiary/aromatic N) is 3. The van der Waals surface area contributed by atoms with Crippen molar-refractivity contribution in [3.63, 3.8) is 0 Å². The number of aryl methyl sites for hydroxylation is 2. The van der Waals surface area contributed by atoms with Crippen LogP contribution in [0.15, 0.2) is 4.47 Å². The molecule has 2 unspecified atom stereocenters. The Bertz CT molecular complexity index is 412. The first-order valence-corrected chi connectivity index (χ1v) is 7.18. The average molecular weight is 318 g/mol. The SMILES string of the molecule is CCc1nn(CC)c(CN2CC(O)C(O)C2)c1Br. The van der Waals surface area contributed by atoms with E-state index in [9.17, 15) is 10.2 Å². The minimum absolute atomic E-state index is 0.518. The number of aromatic nitrogens is 2. The fourth-order valence-corrected chi connectivity index (χ4v) is 3.05. The van der Waals surface area contributed by atoms with E-state index in [1.165, 1.54) is 0 Å². The van der Waals surface area contributed by atoms with Gasteiger partial charge in [0.2, 0.25) is 0 Å². The summed E-state index contributed by atoms with van der Waals surface area (Å²) in [6, 6.07) is 0. The lowest BCUT2D eigenvalue weighted by molar-refractivity contribution is 0.0572. The van der Waals surface area contributed by atoms with Gasteiger partial charge in [-0.15, -0.1) is 0 Å². The van der Waals surface area contributed by atoms with Crippen LogP contribution in [0.4, 0.5) is 0 Å². The zero-order chi connectivity index (χ0) is 13.3. The van der Waals surface area contributed by atoms with Crippen molar-refractivity contribution in [1.29, 1.82) is 0 Å². The topological polar surface area (TPSA) is 61.5 Å². The third-order valence-corrected chi connectivity index (χ3v) is 4.32. The number of hydrogen-bond donors (Lipinski definition) is 2. The Labute approximate surface area is 116 Å². The number of hydrogen-bond acceptors (Lipinski definition) is 4. The largest absolute Gasteiger partial charge is 0.389 e. The van der Waals surface area contributed by atoms with Crippen LogP contribution in [0.25, 0.3) is 0 Å². The lowest BCUT2D eigenvalue weighted by Gasteiger charge is -2.15. The Morgan fingerprint density at radius 1 is 1.28 bits per heavy atom. The van der Waals surface area contributed by atoms with Crippen LogP contribution in [-0.2, 0) is 19.5 Å². The molecule has 1 aliphatic rings. The van der Waals surface area contributed by atoms with E-state index in [0.717, 1.165) is 28.8 Å². The van der Waals surface area contributed by atoms with Crippen molar-refractivity contribution in [2.45, 2.75) is 45.6 Å². The summed E-state index contributed by atoms with van der Waals surface area (Å²) in [6.45, 7) is 6.71. The molecule has 1 aromatic rings. The normalized spacial score (nSPS) is 24.9. The fourth-order valence-electron chi connectivity index (χ4n) is 2.36. The predicted molar refractivity (Wildman–Crippen MR) is 72.3 cm³/mol. The van der Waals surface area contributed by atoms with E-state index in [2.05, 4.69) is 39.8 Å². The van der Waals surface area contributed by atoms with Gasteiger partial charge < -0.3 is 10.2 Å². The van der Waals surface area contributed by atoms with Gasteiger partial charge in [0.25, 0.3) is 0 Å². The third kappa shape index (κ3) is 2.61. The smallest absolute Gasteiger partial charge is 0.0938 e. The van der Waals surface area contributed by atoms with Crippen LogP contribution < -0.4 is 0 Å². The zero-order valence-electron chi connectivity index (χ0n) is 10.8. The van der Waals surface area contributed by atoms with Crippen molar-refractivity contribution in [2.24, 2.45) is 0 Å². The first-order chi connectivity index (χ1) is 8.56. The lowest BCUT2D eigenvalue weighted by atomic mass is 10.3. The van der Waals surface area contributed by atoms with E-state index >= 15 is 0 Å². The second-order valence-corrected chi connectivity index (χ2v) is 5.50. The van der Waals surface area contributed by atoms with Gasteiger partial charge in [-0.3, -0.25) is 9.58 Å². The maximum absolute atomic E-state index is 9.57. The number of aliphatic hydroxyl groups excluding tert-OH is 2. The van der Waals surface area contributed by atoms with Gasteiger partial charge >= 0.3 is 0 Å². The monoisotopic (exact) mass is 317 g/mol. The van der Waals surface area contributed by atoms with Crippen LogP contribution >= 0.6 is 15.9 Å². The van der Waals surface area contributed by atoms with Crippen LogP contribution in [0.1, 0.15) is 25.2 Å². The van der Waals surface area contributed by atoms with Gasteiger partial charge in [-0.1, -0.05) is 6.92 Å². The van der Waals surface area contributed by atoms with E-state index in [4.69, 9.17) is 0 Å². The van der Waals surface area contributed by atoms with Crippen LogP contribution in [0.2, 0.25) is 0 Å². The summed E-state index contributed by atoms with van der Waals surface area (Å²) in [5.74, 6) is 0. The molecule has 0 spiro atoms. The molecule has 0 amide bonds. The third-order valence-electron chi connectivity index (χ3n) is 3.40. The highest BCUT2D eigenvalue weighted by Crippen LogP contribution is 2.25. The van der Waals surface area contributed by atoms with Crippen molar-refractivity contribution in [3.05, 3.63) is 15.9 Å². The minimum Gasteiger partial charge on any atom is -0.389 e. The summed E-state index contributed by atoms with van der Waals surface area (Å²) in [6.07, 6.45) is -0.369. The molecule has 1 aliphatic heterocycles. The standard InChI is InChI=1S/C12H20BrN3O2/c1-3-8-12(13)9(16(4-2)14-8)5-15-6-10(17)11(18)7-15/h10-11,17-18H,3-7H2,1-2H3. The van der Waals surface area contributed by atoms with Crippen LogP contribution in [0.5, 0.6) is 0 Å². The molecule has 0 saturated carbocycles. The zero-order valence-corrected chi connectivity index (χ0v) is 12.4. The molecule has 18 heavy (non-hydrogen) atoms. The number of halogens is 1. The molecule has 2 atom stereocenters. The summed E-state index contributed by atoms with van der Waals surface area (Å²) in [4.78, 5) is 2.06. The molecule has 6 heteroatoms. The summed E-state index contributed by atoms with van der Waals surface area (Å²) < 4.78 is 3.04. The molecule has 2 rings (SSSR count). The van der Waals surface area contributed by atoms with E-state index in [1.54, 1.807) is 0 Å². The lowest BCUT2D eigenvalue weighted by Crippen LogP contribution is -2.23. The quantitative estimate of drug-likeness (QED) is 0.861. The molecule has 102 valence electrons. The molecule has 0 bridgehead atoms. The van der Waals surface area contributed by atoms with E-state index in [1.807, 2.05) is 4.68 Å². The molecule has 0 aromatic carbocycles. The van der Waals surface area contributed by atoms with Crippen molar-refractivity contribution in [1.82, 2.24) is 14.7 Å². The Morgan fingerprint density at radius 3 is 2.39 bits per heavy atom. The van der Waals surface area contributed by atoms with Gasteiger partial charge in [0.15, 0.2) is 0 Å². The molecule has 1 fully saturated rings. The van der Waals surface area contributed by atoms with Gasteiger partial charge in [0, 0.05) is 26.2 Å². The first kappa shape index (κ1) is 14.0. The van der Waals surface area contributed by atoms with Crippen molar-refractivity contribution in [3.8, 4) is 0 Å². The highest BCUT2D eigenvalue weighted by Gasteiger charge is 2.30. The van der Waals surface area contributed by atoms with Crippen LogP contribution in [0.3, 0.4) is 0 Å². The second-order valence-electron chi connectivity index (χ2n) is 4.71. The van der Waals surface area contributed by atoms with E-state index in [0.29, 0.717) is 19.6 Å². The van der Waals surface area contributed by atoms with Gasteiger partial charge in [0.1, 0.15) is 0 Å². The molecule has 5 nitrogen and oxygen atoms in total. The number of rotatable bonds is 4. The van der Waals surface area contributed by atoms with Gasteiger partial charge in [-0.25, -0.2) is 0 Å². The summed E-state index contributed by atoms with van der Waals surface area (Å²) in [5, 5.41) is 23.7. The molecule has 2 N–H and O–H groups in total. The van der Waals surface area contributed by atoms with Crippen LogP contribution in [-0.4, -0.2) is 50.2 Å². The number of β-amino-alcohol motifs (C(OH)–C–C–N with tert-alkyl or cyclic N) is 2. The highest BCUT2D eigenvalue weighted by atomic mass is 79.9. The van der Waals surface area contributed by atoms with E-state index in [-0.39, 0.29) is 0 Å². The minimum atomic E-state index is -0.632. The van der Waals surface area contributed by atoms with Crippen molar-refractivity contribution in [2.75, 3.05) is 13.1 Å². The maximum atomic E-state index is 9.57. The van der Waals surface area contributed by atoms with Crippen molar-refractivity contribution >= 4 is 15.9 Å². The van der Waals surface area contributed by atoms with E-state index < -0.39 is 12.2 Å². The Balaban J connectivity index is 2.16. The molecular formula is C12H20BrN3O2. The molecule has 1 saturated heterocycles. The first-order valence-electron chi connectivity index (χ1n) is 6.39. The maximum Gasteiger partial charge on any atom is 0.0938 e.